The van der Waals surface area contributed by atoms with Gasteiger partial charge >= 0.3 is 6.18 Å². The van der Waals surface area contributed by atoms with E-state index in [2.05, 4.69) is 9.88 Å². The van der Waals surface area contributed by atoms with Crippen molar-refractivity contribution in [1.82, 2.24) is 9.88 Å². The molecule has 0 aliphatic carbocycles. The second-order valence-corrected chi connectivity index (χ2v) is 10.4. The number of aliphatic hydroxyl groups is 2. The molecule has 4 N–H and O–H groups in total. The molecule has 194 valence electrons. The van der Waals surface area contributed by atoms with Crippen molar-refractivity contribution in [3.63, 3.8) is 0 Å². The van der Waals surface area contributed by atoms with E-state index in [1.54, 1.807) is 0 Å². The Labute approximate surface area is 214 Å². The summed E-state index contributed by atoms with van der Waals surface area (Å²) >= 11 is 7.14. The number of benzene rings is 2. The predicted octanol–water partition coefficient (Wildman–Crippen LogP) is 4.87. The molecule has 0 saturated carbocycles. The average molecular weight is 543 g/mol. The van der Waals surface area contributed by atoms with Crippen LogP contribution in [-0.4, -0.2) is 62.8 Å². The quantitative estimate of drug-likeness (QED) is 0.318. The van der Waals surface area contributed by atoms with Gasteiger partial charge in [0.1, 0.15) is 5.75 Å². The van der Waals surface area contributed by atoms with Crippen molar-refractivity contribution in [2.75, 3.05) is 25.4 Å². The smallest absolute Gasteiger partial charge is 0.416 e. The molecular weight excluding hydrogens is 517 g/mol. The molecule has 0 radical (unpaired) electrons. The number of aromatic nitrogens is 1. The zero-order valence-corrected chi connectivity index (χ0v) is 20.8. The van der Waals surface area contributed by atoms with Crippen LogP contribution in [0.2, 0.25) is 5.02 Å². The first kappa shape index (κ1) is 26.8. The molecule has 1 fully saturated rings. The summed E-state index contributed by atoms with van der Waals surface area (Å²) in [4.78, 5) is 17.9. The van der Waals surface area contributed by atoms with Crippen LogP contribution in [-0.2, 0) is 6.18 Å². The number of hydrogen-bond acceptors (Lipinski definition) is 6. The van der Waals surface area contributed by atoms with E-state index in [-0.39, 0.29) is 49.6 Å². The van der Waals surface area contributed by atoms with Gasteiger partial charge in [0.15, 0.2) is 0 Å². The topological polar surface area (TPSA) is 96.8 Å². The van der Waals surface area contributed by atoms with E-state index in [0.717, 1.165) is 37.0 Å². The van der Waals surface area contributed by atoms with Crippen molar-refractivity contribution in [3.8, 4) is 16.9 Å². The molecule has 1 aliphatic rings. The van der Waals surface area contributed by atoms with E-state index in [9.17, 15) is 33.3 Å². The van der Waals surface area contributed by atoms with Crippen LogP contribution in [0.4, 0.5) is 13.2 Å². The first-order valence-corrected chi connectivity index (χ1v) is 12.9. The van der Waals surface area contributed by atoms with E-state index < -0.39 is 23.4 Å². The van der Waals surface area contributed by atoms with Gasteiger partial charge in [-0.3, -0.25) is 4.79 Å². The number of likely N-dealkylation sites (tertiary alicyclic amines) is 1. The first-order valence-electron chi connectivity index (χ1n) is 11.5. The van der Waals surface area contributed by atoms with Crippen LogP contribution in [0.5, 0.6) is 5.75 Å². The summed E-state index contributed by atoms with van der Waals surface area (Å²) in [5.74, 6) is -0.114. The van der Waals surface area contributed by atoms with Gasteiger partial charge in [0.2, 0.25) is 0 Å². The van der Waals surface area contributed by atoms with E-state index >= 15 is 0 Å². The second kappa shape index (κ2) is 11.0. The molecule has 36 heavy (non-hydrogen) atoms. The minimum atomic E-state index is -4.61. The molecule has 6 nitrogen and oxygen atoms in total. The number of hydrogen-bond donors (Lipinski definition) is 4. The highest BCUT2D eigenvalue weighted by Crippen LogP contribution is 2.42. The van der Waals surface area contributed by atoms with Gasteiger partial charge in [-0.05, 0) is 55.7 Å². The molecule has 1 unspecified atom stereocenters. The highest BCUT2D eigenvalue weighted by atomic mass is 35.5. The van der Waals surface area contributed by atoms with E-state index in [1.165, 1.54) is 24.3 Å². The van der Waals surface area contributed by atoms with Gasteiger partial charge < -0.3 is 25.2 Å². The number of rotatable bonds is 7. The fraction of sp³-hybridized carbons (Fsp3) is 0.400. The number of alkyl halides is 3. The van der Waals surface area contributed by atoms with Crippen LogP contribution in [0.3, 0.4) is 0 Å². The maximum Gasteiger partial charge on any atom is 0.416 e. The van der Waals surface area contributed by atoms with Gasteiger partial charge in [0.05, 0.1) is 22.7 Å². The van der Waals surface area contributed by atoms with Crippen LogP contribution in [0.1, 0.15) is 24.8 Å². The molecular formula is C25H26ClF3N2O4S. The molecule has 4 rings (SSSR count). The number of H-pyrrole nitrogens is 1. The van der Waals surface area contributed by atoms with Crippen molar-refractivity contribution >= 4 is 34.3 Å². The number of phenolic OH excluding ortho intramolecular Hbond substituents is 1. The standard InChI is InChI=1S/C25H26ClF3N2O4S/c26-15-2-4-21(34)19(12-15)22-18-11-14(25(27,28)29)1-3-20(18)30-24(35)23(22)36-13-17(33)7-10-31-8-5-16(32)6-9-31/h1-4,11-12,16-17,32-34H,5-10,13H2,(H,30,35). The number of pyridine rings is 1. The van der Waals surface area contributed by atoms with Crippen LogP contribution < -0.4 is 5.56 Å². The summed E-state index contributed by atoms with van der Waals surface area (Å²) in [5.41, 5.74) is -1.00. The van der Waals surface area contributed by atoms with Gasteiger partial charge in [-0.15, -0.1) is 11.8 Å². The summed E-state index contributed by atoms with van der Waals surface area (Å²) in [7, 11) is 0. The van der Waals surface area contributed by atoms with Crippen LogP contribution in [0.15, 0.2) is 46.1 Å². The Morgan fingerprint density at radius 2 is 1.89 bits per heavy atom. The number of halogens is 4. The Morgan fingerprint density at radius 1 is 1.17 bits per heavy atom. The number of nitrogens with zero attached hydrogens (tertiary/aromatic N) is 1. The Kier molecular flexibility index (Phi) is 8.21. The Balaban J connectivity index is 1.68. The Morgan fingerprint density at radius 3 is 2.58 bits per heavy atom. The molecule has 0 amide bonds. The van der Waals surface area contributed by atoms with E-state index in [1.807, 2.05) is 0 Å². The fourth-order valence-electron chi connectivity index (χ4n) is 4.30. The van der Waals surface area contributed by atoms with E-state index in [0.29, 0.717) is 25.8 Å². The lowest BCUT2D eigenvalue weighted by Crippen LogP contribution is -2.37. The van der Waals surface area contributed by atoms with Crippen molar-refractivity contribution in [1.29, 1.82) is 0 Å². The van der Waals surface area contributed by atoms with Crippen molar-refractivity contribution < 1.29 is 28.5 Å². The predicted molar refractivity (Wildman–Crippen MR) is 135 cm³/mol. The van der Waals surface area contributed by atoms with Gasteiger partial charge in [-0.1, -0.05) is 11.6 Å². The minimum Gasteiger partial charge on any atom is -0.507 e. The number of aromatic hydroxyl groups is 1. The third-order valence-corrected chi connectivity index (χ3v) is 7.75. The summed E-state index contributed by atoms with van der Waals surface area (Å²) < 4.78 is 40.5. The molecule has 1 atom stereocenters. The second-order valence-electron chi connectivity index (χ2n) is 8.90. The van der Waals surface area contributed by atoms with Gasteiger partial charge in [0, 0.05) is 52.4 Å². The Hall–Kier alpha value is -2.24. The fourth-order valence-corrected chi connectivity index (χ4v) is 5.55. The van der Waals surface area contributed by atoms with Gasteiger partial charge in [-0.2, -0.15) is 13.2 Å². The maximum atomic E-state index is 13.5. The van der Waals surface area contributed by atoms with Gasteiger partial charge in [0.25, 0.3) is 5.56 Å². The van der Waals surface area contributed by atoms with Crippen molar-refractivity contribution in [2.45, 2.75) is 42.5 Å². The van der Waals surface area contributed by atoms with Gasteiger partial charge in [-0.25, -0.2) is 0 Å². The lowest BCUT2D eigenvalue weighted by Gasteiger charge is -2.30. The number of piperidine rings is 1. The lowest BCUT2D eigenvalue weighted by atomic mass is 9.98. The number of aromatic amines is 1. The molecule has 1 saturated heterocycles. The zero-order valence-electron chi connectivity index (χ0n) is 19.2. The number of phenols is 1. The molecule has 1 aromatic heterocycles. The minimum absolute atomic E-state index is 0.0829. The van der Waals surface area contributed by atoms with Crippen molar-refractivity contribution in [2.24, 2.45) is 0 Å². The number of aliphatic hydroxyl groups excluding tert-OH is 2. The number of nitrogens with one attached hydrogen (secondary N) is 1. The zero-order chi connectivity index (χ0) is 26.0. The summed E-state index contributed by atoms with van der Waals surface area (Å²) in [6.45, 7) is 2.11. The average Bonchev–Trinajstić information content (AvgIpc) is 2.83. The molecule has 2 heterocycles. The normalized spacial score (nSPS) is 16.5. The van der Waals surface area contributed by atoms with Crippen molar-refractivity contribution in [3.05, 3.63) is 57.3 Å². The van der Waals surface area contributed by atoms with Crippen LogP contribution in [0, 0.1) is 0 Å². The molecule has 0 bridgehead atoms. The molecule has 0 spiro atoms. The highest BCUT2D eigenvalue weighted by Gasteiger charge is 2.31. The summed E-state index contributed by atoms with van der Waals surface area (Å²) in [6.07, 6.45) is -3.87. The first-order chi connectivity index (χ1) is 17.0. The highest BCUT2D eigenvalue weighted by molar-refractivity contribution is 7.99. The molecule has 1 aliphatic heterocycles. The third kappa shape index (κ3) is 6.18. The summed E-state index contributed by atoms with van der Waals surface area (Å²) in [6, 6.07) is 7.16. The largest absolute Gasteiger partial charge is 0.507 e. The molecule has 3 aromatic rings. The van der Waals surface area contributed by atoms with E-state index in [4.69, 9.17) is 11.6 Å². The molecule has 2 aromatic carbocycles. The maximum absolute atomic E-state index is 13.5. The molecule has 11 heteroatoms. The van der Waals surface area contributed by atoms with Crippen LogP contribution in [0.25, 0.3) is 22.0 Å². The number of thioether (sulfide) groups is 1. The third-order valence-electron chi connectivity index (χ3n) is 6.28. The number of fused-ring (bicyclic) bond motifs is 1. The van der Waals surface area contributed by atoms with Crippen LogP contribution >= 0.6 is 23.4 Å². The monoisotopic (exact) mass is 542 g/mol. The summed E-state index contributed by atoms with van der Waals surface area (Å²) in [5, 5.41) is 31.1. The lowest BCUT2D eigenvalue weighted by molar-refractivity contribution is -0.137. The SMILES string of the molecule is O=c1[nH]c2ccc(C(F)(F)F)cc2c(-c2cc(Cl)ccc2O)c1SCC(O)CCN1CCC(O)CC1. The Bertz CT molecular complexity index is 1290.